The summed E-state index contributed by atoms with van der Waals surface area (Å²) in [6, 6.07) is 16.2. The molecule has 2 aromatic carbocycles. The number of H-pyrrole nitrogens is 1. The van der Waals surface area contributed by atoms with Crippen molar-refractivity contribution in [3.05, 3.63) is 75.5 Å². The first-order valence-corrected chi connectivity index (χ1v) is 19.0. The zero-order valence-electron chi connectivity index (χ0n) is 31.0. The Morgan fingerprint density at radius 1 is 1.00 bits per heavy atom. The second kappa shape index (κ2) is 18.1. The lowest BCUT2D eigenvalue weighted by Gasteiger charge is -2.42. The Kier molecular flexibility index (Phi) is 13.8. The normalized spacial score (nSPS) is 19.3. The van der Waals surface area contributed by atoms with Gasteiger partial charge >= 0.3 is 12.1 Å². The Bertz CT molecular complexity index is 1590. The van der Waals surface area contributed by atoms with Gasteiger partial charge < -0.3 is 29.9 Å². The van der Waals surface area contributed by atoms with Gasteiger partial charge in [0.15, 0.2) is 0 Å². The number of carbonyl (C=O) groups excluding carboxylic acids is 1. The van der Waals surface area contributed by atoms with Crippen molar-refractivity contribution in [2.45, 2.75) is 82.5 Å². The quantitative estimate of drug-likeness (QED) is 0.204. The number of piperidine rings is 1. The second-order valence-corrected chi connectivity index (χ2v) is 16.2. The van der Waals surface area contributed by atoms with Gasteiger partial charge in [-0.15, -0.1) is 5.10 Å². The van der Waals surface area contributed by atoms with E-state index in [1.54, 1.807) is 0 Å². The number of carbonyl (C=O) groups is 2. The number of carboxylic acids is 1. The van der Waals surface area contributed by atoms with E-state index in [9.17, 15) is 14.7 Å². The Balaban J connectivity index is 1.20. The van der Waals surface area contributed by atoms with Crippen LogP contribution in [-0.2, 0) is 22.4 Å². The molecule has 3 N–H and O–H groups in total. The summed E-state index contributed by atoms with van der Waals surface area (Å²) in [4.78, 5) is 39.2. The Morgan fingerprint density at radius 3 is 2.25 bits per heavy atom. The number of alkyl carbamates (subject to hydrolysis) is 1. The van der Waals surface area contributed by atoms with E-state index in [1.165, 1.54) is 5.56 Å². The molecule has 12 nitrogen and oxygen atoms in total. The van der Waals surface area contributed by atoms with Gasteiger partial charge in [-0.3, -0.25) is 14.8 Å². The molecule has 2 unspecified atom stereocenters. The Hall–Kier alpha value is -3.42. The molecule has 0 radical (unpaired) electrons. The fraction of sp³-hybridized carbons (Fsp3) is 0.579. The minimum Gasteiger partial charge on any atom is -0.481 e. The number of nitrogens with one attached hydrogen (secondary N) is 2. The standard InChI is InChI=1S/C38H54Cl2N8O4/c1-38(2,3)52-37(51)41-30(21-26-7-11-28(39)12-8-26)23-46(5)25-33(35(49)50)34-42-36(44-43-34)47-19-15-31(16-20-47)48-18-6-17-45(4)24-32(48)22-27-9-13-29(40)14-10-27/h7-14,30-33H,6,15-25H2,1-5H3,(H,41,51)(H,49,50)(H,42,43,44)/t30?,32-,33?/m0/s1. The first kappa shape index (κ1) is 39.8. The van der Waals surface area contributed by atoms with Gasteiger partial charge in [-0.05, 0) is 109 Å². The number of amides is 1. The van der Waals surface area contributed by atoms with Crippen LogP contribution in [0.2, 0.25) is 10.0 Å². The molecule has 5 rings (SSSR count). The first-order chi connectivity index (χ1) is 24.7. The average molecular weight is 758 g/mol. The van der Waals surface area contributed by atoms with Gasteiger partial charge in [0.2, 0.25) is 5.95 Å². The molecular formula is C38H54Cl2N8O4. The van der Waals surface area contributed by atoms with Crippen LogP contribution in [0, 0.1) is 0 Å². The van der Waals surface area contributed by atoms with E-state index in [0.29, 0.717) is 41.8 Å². The number of hydrogen-bond acceptors (Lipinski definition) is 9. The van der Waals surface area contributed by atoms with Crippen LogP contribution in [0.3, 0.4) is 0 Å². The number of halogens is 2. The van der Waals surface area contributed by atoms with Crippen LogP contribution in [-0.4, -0.2) is 131 Å². The molecule has 2 fully saturated rings. The molecule has 0 saturated carbocycles. The van der Waals surface area contributed by atoms with Gasteiger partial charge in [0.1, 0.15) is 17.3 Å². The number of aliphatic carboxylic acids is 1. The number of aromatic amines is 1. The molecule has 2 aliphatic rings. The molecule has 1 amide bonds. The van der Waals surface area contributed by atoms with Crippen molar-refractivity contribution >= 4 is 41.2 Å². The molecule has 0 spiro atoms. The van der Waals surface area contributed by atoms with Crippen molar-refractivity contribution in [3.8, 4) is 0 Å². The van der Waals surface area contributed by atoms with Gasteiger partial charge in [0.05, 0.1) is 0 Å². The highest BCUT2D eigenvalue weighted by molar-refractivity contribution is 6.30. The predicted molar refractivity (Wildman–Crippen MR) is 206 cm³/mol. The van der Waals surface area contributed by atoms with Crippen molar-refractivity contribution in [2.75, 3.05) is 64.8 Å². The number of rotatable bonds is 13. The van der Waals surface area contributed by atoms with Crippen LogP contribution >= 0.6 is 23.2 Å². The van der Waals surface area contributed by atoms with Gasteiger partial charge in [-0.1, -0.05) is 47.5 Å². The summed E-state index contributed by atoms with van der Waals surface area (Å²) in [5, 5.41) is 22.1. The van der Waals surface area contributed by atoms with Crippen LogP contribution in [0.1, 0.15) is 62.9 Å². The van der Waals surface area contributed by atoms with E-state index in [4.69, 9.17) is 32.9 Å². The fourth-order valence-electron chi connectivity index (χ4n) is 7.36. The van der Waals surface area contributed by atoms with Crippen molar-refractivity contribution in [2.24, 2.45) is 0 Å². The third-order valence-electron chi connectivity index (χ3n) is 9.81. The topological polar surface area (TPSA) is 130 Å². The van der Waals surface area contributed by atoms with Gasteiger partial charge in [-0.2, -0.15) is 4.98 Å². The van der Waals surface area contributed by atoms with Crippen molar-refractivity contribution in [3.63, 3.8) is 0 Å². The average Bonchev–Trinajstić information content (AvgIpc) is 3.49. The number of ether oxygens (including phenoxy) is 1. The van der Waals surface area contributed by atoms with Gasteiger partial charge in [0.25, 0.3) is 0 Å². The van der Waals surface area contributed by atoms with E-state index in [1.807, 2.05) is 69.1 Å². The molecule has 14 heteroatoms. The minimum atomic E-state index is -1.000. The molecule has 3 heterocycles. The van der Waals surface area contributed by atoms with Crippen LogP contribution in [0.5, 0.6) is 0 Å². The van der Waals surface area contributed by atoms with Crippen LogP contribution < -0.4 is 10.2 Å². The zero-order chi connectivity index (χ0) is 37.4. The maximum absolute atomic E-state index is 12.7. The fourth-order valence-corrected chi connectivity index (χ4v) is 7.61. The highest BCUT2D eigenvalue weighted by atomic mass is 35.5. The largest absolute Gasteiger partial charge is 0.481 e. The minimum absolute atomic E-state index is 0.164. The third-order valence-corrected chi connectivity index (χ3v) is 10.3. The molecule has 0 bridgehead atoms. The highest BCUT2D eigenvalue weighted by Crippen LogP contribution is 2.27. The summed E-state index contributed by atoms with van der Waals surface area (Å²) >= 11 is 12.3. The van der Waals surface area contributed by atoms with Gasteiger partial charge in [-0.25, -0.2) is 4.79 Å². The lowest BCUT2D eigenvalue weighted by atomic mass is 9.97. The lowest BCUT2D eigenvalue weighted by molar-refractivity contribution is -0.139. The summed E-state index contributed by atoms with van der Waals surface area (Å²) in [5.41, 5.74) is 1.63. The van der Waals surface area contributed by atoms with E-state index < -0.39 is 23.6 Å². The number of hydrogen-bond donors (Lipinski definition) is 3. The molecule has 2 aliphatic heterocycles. The molecule has 0 aliphatic carbocycles. The van der Waals surface area contributed by atoms with Crippen LogP contribution in [0.4, 0.5) is 10.7 Å². The van der Waals surface area contributed by atoms with Crippen LogP contribution in [0.25, 0.3) is 0 Å². The van der Waals surface area contributed by atoms with Crippen molar-refractivity contribution in [1.29, 1.82) is 0 Å². The van der Waals surface area contributed by atoms with E-state index in [0.717, 1.165) is 69.0 Å². The third kappa shape index (κ3) is 11.8. The number of anilines is 1. The monoisotopic (exact) mass is 756 g/mol. The van der Waals surface area contributed by atoms with Crippen molar-refractivity contribution < 1.29 is 19.4 Å². The molecule has 3 aromatic rings. The Morgan fingerprint density at radius 2 is 1.63 bits per heavy atom. The number of benzene rings is 2. The van der Waals surface area contributed by atoms with Crippen molar-refractivity contribution in [1.82, 2.24) is 35.2 Å². The number of aromatic nitrogens is 3. The smallest absolute Gasteiger partial charge is 0.407 e. The summed E-state index contributed by atoms with van der Waals surface area (Å²) in [6.45, 7) is 10.8. The first-order valence-electron chi connectivity index (χ1n) is 18.2. The maximum atomic E-state index is 12.7. The second-order valence-electron chi connectivity index (χ2n) is 15.4. The summed E-state index contributed by atoms with van der Waals surface area (Å²) < 4.78 is 5.52. The molecule has 3 atom stereocenters. The SMILES string of the molecule is CN(CC(Cc1ccc(Cl)cc1)NC(=O)OC(C)(C)C)CC(C(=O)O)c1nc(N2CCC(N3CCCN(C)C[C@@H]3Cc3ccc(Cl)cc3)CC2)n[nH]1. The maximum Gasteiger partial charge on any atom is 0.407 e. The van der Waals surface area contributed by atoms with E-state index >= 15 is 0 Å². The molecule has 2 saturated heterocycles. The summed E-state index contributed by atoms with van der Waals surface area (Å²) in [5.74, 6) is -1.10. The lowest BCUT2D eigenvalue weighted by Crippen LogP contribution is -2.51. The van der Waals surface area contributed by atoms with Gasteiger partial charge in [0, 0.05) is 67.4 Å². The molecule has 284 valence electrons. The highest BCUT2D eigenvalue weighted by Gasteiger charge is 2.34. The molecule has 1 aromatic heterocycles. The summed E-state index contributed by atoms with van der Waals surface area (Å²) in [7, 11) is 4.05. The zero-order valence-corrected chi connectivity index (χ0v) is 32.5. The van der Waals surface area contributed by atoms with E-state index in [2.05, 4.69) is 49.4 Å². The number of nitrogens with zero attached hydrogens (tertiary/aromatic N) is 6. The number of carboxylic acid groups (broad SMARTS) is 1. The number of likely N-dealkylation sites (N-methyl/N-ethyl adjacent to an activating group) is 2. The van der Waals surface area contributed by atoms with Crippen LogP contribution in [0.15, 0.2) is 48.5 Å². The predicted octanol–water partition coefficient (Wildman–Crippen LogP) is 5.57. The van der Waals surface area contributed by atoms with E-state index in [-0.39, 0.29) is 12.6 Å². The summed E-state index contributed by atoms with van der Waals surface area (Å²) in [6.07, 6.45) is 4.07. The molecular weight excluding hydrogens is 703 g/mol. The Labute approximate surface area is 317 Å². The molecule has 52 heavy (non-hydrogen) atoms.